The van der Waals surface area contributed by atoms with Crippen molar-refractivity contribution in [3.8, 4) is 0 Å². The van der Waals surface area contributed by atoms with Gasteiger partial charge in [0, 0.05) is 5.56 Å². The Balaban J connectivity index is 1.84. The van der Waals surface area contributed by atoms with E-state index in [1.54, 1.807) is 12.1 Å². The van der Waals surface area contributed by atoms with Gasteiger partial charge in [0.2, 0.25) is 0 Å². The molecule has 2 heterocycles. The van der Waals surface area contributed by atoms with E-state index >= 15 is 0 Å². The molecule has 0 saturated carbocycles. The molecule has 0 spiro atoms. The predicted molar refractivity (Wildman–Crippen MR) is 93.0 cm³/mol. The third-order valence-corrected chi connectivity index (χ3v) is 4.39. The van der Waals surface area contributed by atoms with Crippen molar-refractivity contribution in [1.29, 1.82) is 0 Å². The molecule has 0 aliphatic carbocycles. The average molecular weight is 363 g/mol. The molecule has 3 rings (SSSR count). The molecule has 8 nitrogen and oxygen atoms in total. The quantitative estimate of drug-likeness (QED) is 0.539. The lowest BCUT2D eigenvalue weighted by Gasteiger charge is -2.43. The maximum Gasteiger partial charge on any atom is 0.298 e. The van der Waals surface area contributed by atoms with Crippen molar-refractivity contribution in [3.63, 3.8) is 0 Å². The SMILES string of the molecule is CNCCCON1C=NC2=C(C1)C(=O)N(C)[NH+]([O-])C2c1ccc(F)cc1. The van der Waals surface area contributed by atoms with Crippen LogP contribution in [0.25, 0.3) is 0 Å². The van der Waals surface area contributed by atoms with E-state index in [2.05, 4.69) is 10.3 Å². The minimum Gasteiger partial charge on any atom is -0.607 e. The van der Waals surface area contributed by atoms with E-state index in [1.807, 2.05) is 7.05 Å². The normalized spacial score (nSPS) is 22.8. The van der Waals surface area contributed by atoms with Crippen LogP contribution < -0.4 is 10.5 Å². The molecule has 2 aliphatic rings. The van der Waals surface area contributed by atoms with Gasteiger partial charge in [0.25, 0.3) is 5.91 Å². The zero-order valence-corrected chi connectivity index (χ0v) is 14.7. The zero-order valence-electron chi connectivity index (χ0n) is 14.7. The summed E-state index contributed by atoms with van der Waals surface area (Å²) in [5.74, 6) is -0.770. The van der Waals surface area contributed by atoms with Crippen LogP contribution in [-0.4, -0.2) is 56.1 Å². The molecule has 1 amide bonds. The first-order chi connectivity index (χ1) is 12.5. The predicted octanol–water partition coefficient (Wildman–Crippen LogP) is -0.224. The van der Waals surface area contributed by atoms with Crippen molar-refractivity contribution < 1.29 is 19.2 Å². The highest BCUT2D eigenvalue weighted by molar-refractivity contribution is 5.95. The Hall–Kier alpha value is -2.33. The van der Waals surface area contributed by atoms with Gasteiger partial charge in [0.05, 0.1) is 25.8 Å². The summed E-state index contributed by atoms with van der Waals surface area (Å²) in [7, 11) is 3.31. The lowest BCUT2D eigenvalue weighted by molar-refractivity contribution is -0.980. The van der Waals surface area contributed by atoms with Crippen LogP contribution in [0.2, 0.25) is 0 Å². The van der Waals surface area contributed by atoms with Gasteiger partial charge < -0.3 is 10.5 Å². The summed E-state index contributed by atoms with van der Waals surface area (Å²) in [5, 5.41) is 17.9. The third kappa shape index (κ3) is 3.61. The fraction of sp³-hybridized carbons (Fsp3) is 0.412. The van der Waals surface area contributed by atoms with Gasteiger partial charge in [0.1, 0.15) is 17.9 Å². The van der Waals surface area contributed by atoms with Crippen molar-refractivity contribution in [2.24, 2.45) is 4.99 Å². The van der Waals surface area contributed by atoms with Crippen LogP contribution >= 0.6 is 0 Å². The maximum atomic E-state index is 13.2. The number of carbonyl (C=O) groups excluding carboxylic acids is 1. The minimum atomic E-state index is -0.726. The van der Waals surface area contributed by atoms with Gasteiger partial charge in [-0.2, -0.15) is 5.01 Å². The Morgan fingerprint density at radius 3 is 2.85 bits per heavy atom. The van der Waals surface area contributed by atoms with Crippen LogP contribution in [0.1, 0.15) is 18.0 Å². The van der Waals surface area contributed by atoms with Gasteiger partial charge in [-0.15, -0.1) is 0 Å². The van der Waals surface area contributed by atoms with Crippen LogP contribution in [0, 0.1) is 11.0 Å². The fourth-order valence-corrected chi connectivity index (χ4v) is 2.99. The van der Waals surface area contributed by atoms with Gasteiger partial charge >= 0.3 is 0 Å². The molecule has 2 N–H and O–H groups in total. The topological polar surface area (TPSA) is 84.7 Å². The van der Waals surface area contributed by atoms with Crippen LogP contribution in [-0.2, 0) is 9.63 Å². The molecule has 1 aromatic carbocycles. The van der Waals surface area contributed by atoms with E-state index in [9.17, 15) is 14.4 Å². The second-order valence-corrected chi connectivity index (χ2v) is 6.16. The van der Waals surface area contributed by atoms with Crippen molar-refractivity contribution in [1.82, 2.24) is 15.4 Å². The Morgan fingerprint density at radius 2 is 2.15 bits per heavy atom. The molecule has 1 aromatic rings. The van der Waals surface area contributed by atoms with Crippen LogP contribution in [0.4, 0.5) is 4.39 Å². The summed E-state index contributed by atoms with van der Waals surface area (Å²) in [5.41, 5.74) is 1.42. The molecule has 0 radical (unpaired) electrons. The van der Waals surface area contributed by atoms with Gasteiger partial charge in [-0.05, 0) is 44.3 Å². The molecule has 9 heteroatoms. The van der Waals surface area contributed by atoms with Crippen LogP contribution in [0.15, 0.2) is 40.5 Å². The number of halogens is 1. The van der Waals surface area contributed by atoms with E-state index in [0.29, 0.717) is 23.4 Å². The summed E-state index contributed by atoms with van der Waals surface area (Å²) < 4.78 is 13.2. The summed E-state index contributed by atoms with van der Waals surface area (Å²) in [6.45, 7) is 1.52. The molecule has 2 atom stereocenters. The molecule has 140 valence electrons. The van der Waals surface area contributed by atoms with E-state index in [1.165, 1.54) is 30.6 Å². The number of rotatable bonds is 6. The molecule has 2 aliphatic heterocycles. The largest absolute Gasteiger partial charge is 0.607 e. The average Bonchev–Trinajstić information content (AvgIpc) is 2.65. The molecule has 26 heavy (non-hydrogen) atoms. The second-order valence-electron chi connectivity index (χ2n) is 6.16. The smallest absolute Gasteiger partial charge is 0.298 e. The molecule has 0 saturated heterocycles. The molecule has 0 bridgehead atoms. The standard InChI is InChI=1S/C17H22FN5O3/c1-19-8-3-9-26-22-10-14-15(20-11-22)16(23(25)21(2)17(14)24)12-4-6-13(18)7-5-12/h4-7,11,16,19,23H,3,8-10H2,1-2H3. The number of amides is 1. The van der Waals surface area contributed by atoms with Crippen molar-refractivity contribution in [2.45, 2.75) is 12.5 Å². The lowest BCUT2D eigenvalue weighted by atomic mass is 9.97. The van der Waals surface area contributed by atoms with E-state index in [-0.39, 0.29) is 23.4 Å². The van der Waals surface area contributed by atoms with Gasteiger partial charge in [-0.1, -0.05) is 0 Å². The number of nitrogens with zero attached hydrogens (tertiary/aromatic N) is 3. The molecular formula is C17H22FN5O3. The molecule has 0 aromatic heterocycles. The number of hydrogen-bond donors (Lipinski definition) is 2. The number of carbonyl (C=O) groups is 1. The number of hydroxylamine groups is 3. The van der Waals surface area contributed by atoms with Gasteiger partial charge in [-0.25, -0.2) is 14.4 Å². The number of nitrogens with one attached hydrogen (secondary N) is 2. The highest BCUT2D eigenvalue weighted by Gasteiger charge is 2.41. The summed E-state index contributed by atoms with van der Waals surface area (Å²) in [4.78, 5) is 22.5. The van der Waals surface area contributed by atoms with Gasteiger partial charge in [-0.3, -0.25) is 14.8 Å². The Kier molecular flexibility index (Phi) is 5.62. The molecule has 2 unspecified atom stereocenters. The highest BCUT2D eigenvalue weighted by Crippen LogP contribution is 2.29. The number of hydrogen-bond acceptors (Lipinski definition) is 6. The Labute approximate surface area is 151 Å². The van der Waals surface area contributed by atoms with Gasteiger partial charge in [0.15, 0.2) is 6.04 Å². The van der Waals surface area contributed by atoms with Crippen molar-refractivity contribution in [3.05, 3.63) is 52.1 Å². The molecular weight excluding hydrogens is 341 g/mol. The van der Waals surface area contributed by atoms with Crippen LogP contribution in [0.5, 0.6) is 0 Å². The Morgan fingerprint density at radius 1 is 1.42 bits per heavy atom. The fourth-order valence-electron chi connectivity index (χ4n) is 2.99. The first-order valence-electron chi connectivity index (χ1n) is 8.41. The lowest BCUT2D eigenvalue weighted by Crippen LogP contribution is -3.15. The van der Waals surface area contributed by atoms with Crippen molar-refractivity contribution >= 4 is 12.2 Å². The Bertz CT molecular complexity index is 722. The highest BCUT2D eigenvalue weighted by atomic mass is 19.1. The minimum absolute atomic E-state index is 0.215. The van der Waals surface area contributed by atoms with E-state index < -0.39 is 6.04 Å². The summed E-state index contributed by atoms with van der Waals surface area (Å²) in [6.07, 6.45) is 2.30. The first kappa shape index (κ1) is 18.5. The monoisotopic (exact) mass is 363 g/mol. The first-order valence-corrected chi connectivity index (χ1v) is 8.41. The maximum absolute atomic E-state index is 13.2. The number of likely N-dealkylation sites (N-methyl/N-ethyl adjacent to an activating group) is 1. The van der Waals surface area contributed by atoms with Crippen molar-refractivity contribution in [2.75, 3.05) is 33.8 Å². The second kappa shape index (κ2) is 7.92. The third-order valence-electron chi connectivity index (χ3n) is 4.39. The number of benzene rings is 1. The summed E-state index contributed by atoms with van der Waals surface area (Å²) in [6, 6.07) is 4.95. The molecule has 0 fully saturated rings. The number of aliphatic imine (C=N–C) groups is 1. The van der Waals surface area contributed by atoms with E-state index in [4.69, 9.17) is 4.84 Å². The summed E-state index contributed by atoms with van der Waals surface area (Å²) >= 11 is 0. The van der Waals surface area contributed by atoms with Crippen LogP contribution in [0.3, 0.4) is 0 Å². The number of quaternary nitrogens is 1. The van der Waals surface area contributed by atoms with E-state index in [0.717, 1.165) is 18.0 Å². The zero-order chi connectivity index (χ0) is 18.7.